The third kappa shape index (κ3) is 5.20. The minimum atomic E-state index is -3.42. The lowest BCUT2D eigenvalue weighted by Gasteiger charge is -2.36. The van der Waals surface area contributed by atoms with Crippen LogP contribution in [0.2, 0.25) is 0 Å². The maximum Gasteiger partial charge on any atom is 0.279 e. The Bertz CT molecular complexity index is 397. The van der Waals surface area contributed by atoms with Crippen LogP contribution in [0.4, 0.5) is 0 Å². The van der Waals surface area contributed by atoms with Crippen molar-refractivity contribution in [1.29, 1.82) is 0 Å². The fourth-order valence-corrected chi connectivity index (χ4v) is 4.89. The zero-order chi connectivity index (χ0) is 16.1. The molecule has 0 spiro atoms. The van der Waals surface area contributed by atoms with Gasteiger partial charge in [-0.25, -0.2) is 4.72 Å². The second-order valence-corrected chi connectivity index (χ2v) is 8.53. The number of aliphatic hydroxyl groups excluding tert-OH is 1. The highest BCUT2D eigenvalue weighted by Crippen LogP contribution is 2.30. The fourth-order valence-electron chi connectivity index (χ4n) is 3.32. The first-order valence-corrected chi connectivity index (χ1v) is 9.58. The second-order valence-electron chi connectivity index (χ2n) is 6.77. The molecule has 0 aromatic heterocycles. The lowest BCUT2D eigenvalue weighted by Crippen LogP contribution is -2.50. The molecule has 0 amide bonds. The highest BCUT2D eigenvalue weighted by molar-refractivity contribution is 7.87. The Hall–Kier alpha value is -0.170. The monoisotopic (exact) mass is 320 g/mol. The minimum Gasteiger partial charge on any atom is -0.396 e. The Morgan fingerprint density at radius 3 is 2.14 bits per heavy atom. The molecule has 1 aliphatic rings. The van der Waals surface area contributed by atoms with Crippen molar-refractivity contribution in [2.45, 2.75) is 53.4 Å². The smallest absolute Gasteiger partial charge is 0.279 e. The summed E-state index contributed by atoms with van der Waals surface area (Å²) < 4.78 is 29.4. The zero-order valence-corrected chi connectivity index (χ0v) is 14.7. The molecule has 2 atom stereocenters. The van der Waals surface area contributed by atoms with Crippen molar-refractivity contribution in [3.05, 3.63) is 0 Å². The number of hydrogen-bond donors (Lipinski definition) is 2. The van der Waals surface area contributed by atoms with E-state index in [-0.39, 0.29) is 12.0 Å². The largest absolute Gasteiger partial charge is 0.396 e. The van der Waals surface area contributed by atoms with E-state index in [9.17, 15) is 13.5 Å². The zero-order valence-electron chi connectivity index (χ0n) is 13.9. The van der Waals surface area contributed by atoms with Gasteiger partial charge in [0.2, 0.25) is 0 Å². The van der Waals surface area contributed by atoms with Gasteiger partial charge in [0, 0.05) is 26.2 Å². The summed E-state index contributed by atoms with van der Waals surface area (Å²) in [5, 5.41) is 9.22. The summed E-state index contributed by atoms with van der Waals surface area (Å²) in [6.07, 6.45) is 3.44. The number of nitrogens with zero attached hydrogens (tertiary/aromatic N) is 1. The van der Waals surface area contributed by atoms with Crippen LogP contribution < -0.4 is 4.72 Å². The summed E-state index contributed by atoms with van der Waals surface area (Å²) in [5.41, 5.74) is -0.144. The van der Waals surface area contributed by atoms with Crippen molar-refractivity contribution in [1.82, 2.24) is 9.03 Å². The highest BCUT2D eigenvalue weighted by Gasteiger charge is 2.33. The Kier molecular flexibility index (Phi) is 7.10. The predicted octanol–water partition coefficient (Wildman–Crippen LogP) is 1.99. The van der Waals surface area contributed by atoms with Gasteiger partial charge in [0.15, 0.2) is 0 Å². The van der Waals surface area contributed by atoms with Crippen LogP contribution in [0, 0.1) is 17.3 Å². The fraction of sp³-hybridized carbons (Fsp3) is 1.00. The lowest BCUT2D eigenvalue weighted by molar-refractivity contribution is 0.168. The van der Waals surface area contributed by atoms with Crippen molar-refractivity contribution in [3.8, 4) is 0 Å². The van der Waals surface area contributed by atoms with Crippen LogP contribution in [0.3, 0.4) is 0 Å². The third-order valence-corrected chi connectivity index (χ3v) is 6.43. The third-order valence-electron chi connectivity index (χ3n) is 4.95. The molecule has 0 aromatic carbocycles. The summed E-state index contributed by atoms with van der Waals surface area (Å²) in [4.78, 5) is 0. The van der Waals surface area contributed by atoms with E-state index in [1.54, 1.807) is 4.31 Å². The van der Waals surface area contributed by atoms with Gasteiger partial charge in [0.05, 0.1) is 0 Å². The topological polar surface area (TPSA) is 69.6 Å². The van der Waals surface area contributed by atoms with Crippen LogP contribution in [-0.4, -0.2) is 44.1 Å². The standard InChI is InChI=1S/C15H32N2O3S/c1-5-15(6-2,7-8-18)12-16-21(19,20)17-10-13(3)9-14(4)11-17/h13-14,16,18H,5-12H2,1-4H3. The van der Waals surface area contributed by atoms with E-state index in [2.05, 4.69) is 32.4 Å². The maximum atomic E-state index is 12.5. The van der Waals surface area contributed by atoms with Gasteiger partial charge in [-0.15, -0.1) is 0 Å². The molecular formula is C15H32N2O3S. The number of piperidine rings is 1. The number of aliphatic hydroxyl groups is 1. The summed E-state index contributed by atoms with van der Waals surface area (Å²) in [6.45, 7) is 10.0. The van der Waals surface area contributed by atoms with Gasteiger partial charge in [-0.1, -0.05) is 27.7 Å². The molecular weight excluding hydrogens is 288 g/mol. The second kappa shape index (κ2) is 7.90. The molecule has 2 unspecified atom stereocenters. The molecule has 0 aromatic rings. The van der Waals surface area contributed by atoms with E-state index in [1.165, 1.54) is 0 Å². The molecule has 2 N–H and O–H groups in total. The molecule has 0 saturated carbocycles. The summed E-state index contributed by atoms with van der Waals surface area (Å²) in [7, 11) is -3.42. The van der Waals surface area contributed by atoms with Crippen molar-refractivity contribution < 1.29 is 13.5 Å². The number of hydrogen-bond acceptors (Lipinski definition) is 3. The Balaban J connectivity index is 2.71. The first-order chi connectivity index (χ1) is 9.78. The summed E-state index contributed by atoms with van der Waals surface area (Å²) in [5.74, 6) is 0.815. The van der Waals surface area contributed by atoms with Gasteiger partial charge in [-0.05, 0) is 42.9 Å². The SMILES string of the molecule is CCC(CC)(CCO)CNS(=O)(=O)N1CC(C)CC(C)C1. The molecule has 21 heavy (non-hydrogen) atoms. The van der Waals surface area contributed by atoms with E-state index in [0.717, 1.165) is 19.3 Å². The molecule has 5 nitrogen and oxygen atoms in total. The van der Waals surface area contributed by atoms with Crippen LogP contribution in [0.1, 0.15) is 53.4 Å². The average Bonchev–Trinajstić information content (AvgIpc) is 2.42. The molecule has 0 radical (unpaired) electrons. The van der Waals surface area contributed by atoms with E-state index >= 15 is 0 Å². The van der Waals surface area contributed by atoms with Crippen LogP contribution in [0.5, 0.6) is 0 Å². The van der Waals surface area contributed by atoms with Gasteiger partial charge in [-0.3, -0.25) is 0 Å². The van der Waals surface area contributed by atoms with E-state index in [0.29, 0.717) is 37.9 Å². The molecule has 126 valence electrons. The van der Waals surface area contributed by atoms with Gasteiger partial charge >= 0.3 is 0 Å². The van der Waals surface area contributed by atoms with E-state index in [1.807, 2.05) is 0 Å². The molecule has 1 saturated heterocycles. The molecule has 1 fully saturated rings. The lowest BCUT2D eigenvalue weighted by atomic mass is 9.80. The predicted molar refractivity (Wildman–Crippen MR) is 86.2 cm³/mol. The van der Waals surface area contributed by atoms with Gasteiger partial charge in [0.25, 0.3) is 10.2 Å². The van der Waals surface area contributed by atoms with E-state index in [4.69, 9.17) is 0 Å². The first kappa shape index (κ1) is 18.9. The van der Waals surface area contributed by atoms with Crippen molar-refractivity contribution in [2.75, 3.05) is 26.2 Å². The summed E-state index contributed by atoms with van der Waals surface area (Å²) in [6, 6.07) is 0. The summed E-state index contributed by atoms with van der Waals surface area (Å²) >= 11 is 0. The van der Waals surface area contributed by atoms with Crippen LogP contribution in [0.25, 0.3) is 0 Å². The van der Waals surface area contributed by atoms with E-state index < -0.39 is 10.2 Å². The van der Waals surface area contributed by atoms with Crippen molar-refractivity contribution in [3.63, 3.8) is 0 Å². The van der Waals surface area contributed by atoms with Crippen LogP contribution in [0.15, 0.2) is 0 Å². The van der Waals surface area contributed by atoms with Crippen molar-refractivity contribution >= 4 is 10.2 Å². The van der Waals surface area contributed by atoms with Gasteiger partial charge in [-0.2, -0.15) is 12.7 Å². The average molecular weight is 320 g/mol. The number of nitrogens with one attached hydrogen (secondary N) is 1. The highest BCUT2D eigenvalue weighted by atomic mass is 32.2. The van der Waals surface area contributed by atoms with Crippen LogP contribution in [-0.2, 0) is 10.2 Å². The molecule has 1 aliphatic heterocycles. The Labute approximate surface area is 130 Å². The van der Waals surface area contributed by atoms with Crippen molar-refractivity contribution in [2.24, 2.45) is 17.3 Å². The Morgan fingerprint density at radius 2 is 1.71 bits per heavy atom. The Morgan fingerprint density at radius 1 is 1.19 bits per heavy atom. The van der Waals surface area contributed by atoms with Crippen LogP contribution >= 0.6 is 0 Å². The quantitative estimate of drug-likeness (QED) is 0.718. The molecule has 0 bridgehead atoms. The normalized spacial score (nSPS) is 25.2. The molecule has 1 heterocycles. The maximum absolute atomic E-state index is 12.5. The van der Waals surface area contributed by atoms with Gasteiger partial charge < -0.3 is 5.11 Å². The molecule has 6 heteroatoms. The van der Waals surface area contributed by atoms with Gasteiger partial charge in [0.1, 0.15) is 0 Å². The molecule has 0 aliphatic carbocycles. The molecule has 1 rings (SSSR count). The first-order valence-electron chi connectivity index (χ1n) is 8.14. The minimum absolute atomic E-state index is 0.0984. The number of rotatable bonds is 8.